The van der Waals surface area contributed by atoms with Crippen LogP contribution in [0.2, 0.25) is 0 Å². The number of aliphatic hydroxyl groups excluding tert-OH is 1. The Morgan fingerprint density at radius 2 is 2.06 bits per heavy atom. The summed E-state index contributed by atoms with van der Waals surface area (Å²) in [7, 11) is 1.51. The van der Waals surface area contributed by atoms with Gasteiger partial charge in [-0.1, -0.05) is 12.8 Å². The number of nitrogens with one attached hydrogen (secondary N) is 1. The molecule has 0 unspecified atom stereocenters. The third-order valence-corrected chi connectivity index (χ3v) is 2.56. The molecule has 0 atom stereocenters. The SMILES string of the molecule is Cn1nc(C(=O)NCCCCCCO)ccc1=O. The minimum absolute atomic E-state index is 0.217. The van der Waals surface area contributed by atoms with Crippen molar-refractivity contribution >= 4 is 5.91 Å². The zero-order valence-corrected chi connectivity index (χ0v) is 10.6. The van der Waals surface area contributed by atoms with E-state index in [1.807, 2.05) is 0 Å². The minimum Gasteiger partial charge on any atom is -0.396 e. The van der Waals surface area contributed by atoms with E-state index in [9.17, 15) is 9.59 Å². The number of aryl methyl sites for hydroxylation is 1. The Bertz CT molecular complexity index is 442. The van der Waals surface area contributed by atoms with Gasteiger partial charge >= 0.3 is 0 Å². The maximum absolute atomic E-state index is 11.7. The molecule has 1 aromatic heterocycles. The zero-order chi connectivity index (χ0) is 13.4. The van der Waals surface area contributed by atoms with Crippen LogP contribution in [0.15, 0.2) is 16.9 Å². The summed E-state index contributed by atoms with van der Waals surface area (Å²) < 4.78 is 1.14. The van der Waals surface area contributed by atoms with Gasteiger partial charge < -0.3 is 10.4 Å². The number of amides is 1. The number of unbranched alkanes of at least 4 members (excludes halogenated alkanes) is 3. The predicted molar refractivity (Wildman–Crippen MR) is 67.4 cm³/mol. The Balaban J connectivity index is 2.32. The van der Waals surface area contributed by atoms with Crippen molar-refractivity contribution in [2.75, 3.05) is 13.2 Å². The predicted octanol–water partition coefficient (Wildman–Crippen LogP) is 0.0628. The molecule has 100 valence electrons. The molecule has 18 heavy (non-hydrogen) atoms. The lowest BCUT2D eigenvalue weighted by atomic mass is 10.2. The van der Waals surface area contributed by atoms with Gasteiger partial charge in [0.25, 0.3) is 11.5 Å². The summed E-state index contributed by atoms with van der Waals surface area (Å²) in [5.74, 6) is -0.271. The number of carbonyl (C=O) groups is 1. The highest BCUT2D eigenvalue weighted by atomic mass is 16.3. The van der Waals surface area contributed by atoms with Crippen LogP contribution in [0, 0.1) is 0 Å². The van der Waals surface area contributed by atoms with Crippen molar-refractivity contribution in [2.24, 2.45) is 7.05 Å². The lowest BCUT2D eigenvalue weighted by Gasteiger charge is -2.05. The molecule has 6 heteroatoms. The minimum atomic E-state index is -0.271. The average Bonchev–Trinajstić information content (AvgIpc) is 2.36. The molecule has 0 fully saturated rings. The molecule has 0 aromatic carbocycles. The zero-order valence-electron chi connectivity index (χ0n) is 10.6. The van der Waals surface area contributed by atoms with Gasteiger partial charge in [-0.05, 0) is 18.9 Å². The molecule has 1 amide bonds. The first-order valence-corrected chi connectivity index (χ1v) is 6.08. The number of hydrogen-bond acceptors (Lipinski definition) is 4. The first-order valence-electron chi connectivity index (χ1n) is 6.08. The molecule has 1 aromatic rings. The topological polar surface area (TPSA) is 84.2 Å². The van der Waals surface area contributed by atoms with Crippen molar-refractivity contribution in [2.45, 2.75) is 25.7 Å². The average molecular weight is 253 g/mol. The molecular weight excluding hydrogens is 234 g/mol. The lowest BCUT2D eigenvalue weighted by molar-refractivity contribution is 0.0945. The van der Waals surface area contributed by atoms with Gasteiger partial charge in [-0.2, -0.15) is 5.10 Å². The second-order valence-corrected chi connectivity index (χ2v) is 4.07. The summed E-state index contributed by atoms with van der Waals surface area (Å²) in [6.45, 7) is 0.795. The van der Waals surface area contributed by atoms with Crippen LogP contribution in [-0.4, -0.2) is 33.9 Å². The summed E-state index contributed by atoms with van der Waals surface area (Å²) in [6.07, 6.45) is 3.61. The monoisotopic (exact) mass is 253 g/mol. The second-order valence-electron chi connectivity index (χ2n) is 4.07. The van der Waals surface area contributed by atoms with E-state index < -0.39 is 0 Å². The number of rotatable bonds is 7. The van der Waals surface area contributed by atoms with Crippen molar-refractivity contribution in [3.63, 3.8) is 0 Å². The molecule has 0 saturated heterocycles. The first-order chi connectivity index (χ1) is 8.65. The third kappa shape index (κ3) is 4.67. The Morgan fingerprint density at radius 1 is 1.33 bits per heavy atom. The smallest absolute Gasteiger partial charge is 0.271 e. The molecule has 0 bridgehead atoms. The number of aromatic nitrogens is 2. The van der Waals surface area contributed by atoms with Crippen LogP contribution in [0.4, 0.5) is 0 Å². The molecule has 0 aliphatic rings. The van der Waals surface area contributed by atoms with Gasteiger partial charge in [-0.15, -0.1) is 0 Å². The maximum atomic E-state index is 11.7. The van der Waals surface area contributed by atoms with Crippen molar-refractivity contribution < 1.29 is 9.90 Å². The standard InChI is InChI=1S/C12H19N3O3/c1-15-11(17)7-6-10(14-15)12(18)13-8-4-2-3-5-9-16/h6-7,16H,2-5,8-9H2,1H3,(H,13,18). The van der Waals surface area contributed by atoms with E-state index in [4.69, 9.17) is 5.11 Å². The molecule has 0 saturated carbocycles. The Labute approximate surface area is 106 Å². The molecule has 0 aliphatic heterocycles. The van der Waals surface area contributed by atoms with E-state index in [-0.39, 0.29) is 23.8 Å². The van der Waals surface area contributed by atoms with Gasteiger partial charge in [0, 0.05) is 26.3 Å². The molecule has 0 spiro atoms. The van der Waals surface area contributed by atoms with Crippen molar-refractivity contribution in [3.05, 3.63) is 28.2 Å². The number of hydrogen-bond donors (Lipinski definition) is 2. The van der Waals surface area contributed by atoms with Gasteiger partial charge in [0.15, 0.2) is 0 Å². The summed E-state index contributed by atoms with van der Waals surface area (Å²) in [4.78, 5) is 22.8. The lowest BCUT2D eigenvalue weighted by Crippen LogP contribution is -2.29. The molecule has 0 radical (unpaired) electrons. The van der Waals surface area contributed by atoms with Gasteiger partial charge in [0.2, 0.25) is 0 Å². The van der Waals surface area contributed by atoms with Crippen LogP contribution in [-0.2, 0) is 7.05 Å². The van der Waals surface area contributed by atoms with E-state index in [2.05, 4.69) is 10.4 Å². The molecule has 2 N–H and O–H groups in total. The van der Waals surface area contributed by atoms with Crippen LogP contribution in [0.1, 0.15) is 36.2 Å². The Kier molecular flexibility index (Phi) is 6.07. The molecule has 0 aliphatic carbocycles. The van der Waals surface area contributed by atoms with Gasteiger partial charge in [0.1, 0.15) is 5.69 Å². The highest BCUT2D eigenvalue weighted by molar-refractivity contribution is 5.91. The molecule has 6 nitrogen and oxygen atoms in total. The Morgan fingerprint density at radius 3 is 2.72 bits per heavy atom. The summed E-state index contributed by atoms with van der Waals surface area (Å²) >= 11 is 0. The van der Waals surface area contributed by atoms with Gasteiger partial charge in [-0.3, -0.25) is 9.59 Å². The highest BCUT2D eigenvalue weighted by Crippen LogP contribution is 1.98. The van der Waals surface area contributed by atoms with Crippen molar-refractivity contribution in [1.29, 1.82) is 0 Å². The molecule has 1 rings (SSSR count). The fourth-order valence-corrected chi connectivity index (χ4v) is 1.51. The Hall–Kier alpha value is -1.69. The van der Waals surface area contributed by atoms with Crippen LogP contribution < -0.4 is 10.9 Å². The third-order valence-electron chi connectivity index (χ3n) is 2.56. The van der Waals surface area contributed by atoms with Crippen molar-refractivity contribution in [3.8, 4) is 0 Å². The van der Waals surface area contributed by atoms with Gasteiger partial charge in [-0.25, -0.2) is 4.68 Å². The fraction of sp³-hybridized carbons (Fsp3) is 0.583. The highest BCUT2D eigenvalue weighted by Gasteiger charge is 2.07. The van der Waals surface area contributed by atoms with Crippen LogP contribution in [0.5, 0.6) is 0 Å². The van der Waals surface area contributed by atoms with Crippen molar-refractivity contribution in [1.82, 2.24) is 15.1 Å². The number of nitrogens with zero attached hydrogens (tertiary/aromatic N) is 2. The second kappa shape index (κ2) is 7.60. The van der Waals surface area contributed by atoms with E-state index in [1.165, 1.54) is 19.2 Å². The van der Waals surface area contributed by atoms with E-state index >= 15 is 0 Å². The van der Waals surface area contributed by atoms with Gasteiger partial charge in [0.05, 0.1) is 0 Å². The largest absolute Gasteiger partial charge is 0.396 e. The van der Waals surface area contributed by atoms with E-state index in [1.54, 1.807) is 0 Å². The number of carbonyl (C=O) groups excluding carboxylic acids is 1. The number of aliphatic hydroxyl groups is 1. The first kappa shape index (κ1) is 14.4. The molecular formula is C12H19N3O3. The van der Waals surface area contributed by atoms with Crippen LogP contribution >= 0.6 is 0 Å². The summed E-state index contributed by atoms with van der Waals surface area (Å²) in [5.41, 5.74) is 0.00279. The molecule has 1 heterocycles. The van der Waals surface area contributed by atoms with Crippen LogP contribution in [0.3, 0.4) is 0 Å². The van der Waals surface area contributed by atoms with E-state index in [0.717, 1.165) is 30.4 Å². The van der Waals surface area contributed by atoms with Crippen LogP contribution in [0.25, 0.3) is 0 Å². The van der Waals surface area contributed by atoms with E-state index in [0.29, 0.717) is 6.54 Å². The summed E-state index contributed by atoms with van der Waals surface area (Å²) in [6, 6.07) is 2.74. The maximum Gasteiger partial charge on any atom is 0.271 e. The normalized spacial score (nSPS) is 10.3. The fourth-order valence-electron chi connectivity index (χ4n) is 1.51. The quantitative estimate of drug-likeness (QED) is 0.673. The summed E-state index contributed by atoms with van der Waals surface area (Å²) in [5, 5.41) is 15.2.